The molecule has 4 nitrogen and oxygen atoms in total. The lowest BCUT2D eigenvalue weighted by Crippen LogP contribution is -2.32. The lowest BCUT2D eigenvalue weighted by atomic mass is 9.66. The molecule has 2 aliphatic heterocycles. The van der Waals surface area contributed by atoms with Crippen molar-refractivity contribution in [2.75, 3.05) is 10.2 Å². The average molecular weight is 1460 g/mol. The van der Waals surface area contributed by atoms with E-state index < -0.39 is 10.8 Å². The van der Waals surface area contributed by atoms with Gasteiger partial charge in [0.25, 0.3) is 0 Å². The third kappa shape index (κ3) is 11.5. The summed E-state index contributed by atoms with van der Waals surface area (Å²) >= 11 is 6.54. The quantitative estimate of drug-likeness (QED) is 0.156. The molecule has 5 heteroatoms. The molecule has 532 valence electrons. The molecule has 18 aromatic rings. The van der Waals surface area contributed by atoms with Crippen molar-refractivity contribution in [1.29, 1.82) is 0 Å². The molecule has 0 fully saturated rings. The van der Waals surface area contributed by atoms with E-state index >= 15 is 0 Å². The largest absolute Gasteiger partial charge is 0.457 e. The van der Waals surface area contributed by atoms with E-state index in [-0.39, 0.29) is 7.43 Å². The van der Waals surface area contributed by atoms with Crippen LogP contribution in [0.4, 0.5) is 28.4 Å². The van der Waals surface area contributed by atoms with Crippen LogP contribution in [0.2, 0.25) is 5.02 Å². The van der Waals surface area contributed by atoms with Crippen LogP contribution in [0.25, 0.3) is 88.3 Å². The standard InChI is InChI=1S/C53H35NO.C29H17ClO.C24H19N.CH4/c1-3-15-36(16-4-1)37-27-30-40(31-28-37)54(49-24-12-9-20-42(49)38-17-5-2-6-18-38)41-32-34-45-44(35-41)52-43-21-8-7-19-39(43)29-33-48(52)53(45)46-22-10-13-25-50(46)55-51-26-14-11-23-47(51)53;30-19-14-16-22-21(17-19)28-20-8-2-1-7-18(20)13-15-25(28)29(22)23-9-3-5-11-26(23)31-27-12-6-4-10-24(27)29;1-3-9-19(10-4-1)20-15-17-22(18-16-20)25-24-14-8-7-13-23(24)21-11-5-2-6-12-21;/h1-35H;1-17H;1-18,25H;1H4. The van der Waals surface area contributed by atoms with Crippen LogP contribution in [0, 0.1) is 0 Å². The van der Waals surface area contributed by atoms with Gasteiger partial charge in [0.15, 0.2) is 0 Å². The molecular weight excluding hydrogens is 1380 g/mol. The van der Waals surface area contributed by atoms with Gasteiger partial charge in [-0.2, -0.15) is 0 Å². The highest BCUT2D eigenvalue weighted by atomic mass is 35.5. The molecule has 112 heavy (non-hydrogen) atoms. The van der Waals surface area contributed by atoms with Crippen molar-refractivity contribution in [3.63, 3.8) is 0 Å². The Kier molecular flexibility index (Phi) is 17.6. The van der Waals surface area contributed by atoms with Crippen molar-refractivity contribution >= 4 is 61.6 Å². The van der Waals surface area contributed by atoms with Gasteiger partial charge in [0.2, 0.25) is 0 Å². The number of para-hydroxylation sites is 6. The van der Waals surface area contributed by atoms with E-state index in [0.717, 1.165) is 56.5 Å². The molecule has 18 aromatic carbocycles. The van der Waals surface area contributed by atoms with Crippen LogP contribution in [0.5, 0.6) is 23.0 Å². The number of benzene rings is 18. The van der Waals surface area contributed by atoms with Gasteiger partial charge in [-0.25, -0.2) is 0 Å². The topological polar surface area (TPSA) is 33.7 Å². The molecule has 22 rings (SSSR count). The Bertz CT molecular complexity index is 6470. The summed E-state index contributed by atoms with van der Waals surface area (Å²) in [6.45, 7) is 0. The molecule has 2 spiro atoms. The number of fused-ring (bicyclic) bond motifs is 22. The third-order valence-electron chi connectivity index (χ3n) is 22.6. The fourth-order valence-electron chi connectivity index (χ4n) is 17.8. The van der Waals surface area contributed by atoms with E-state index in [4.69, 9.17) is 21.1 Å². The Balaban J connectivity index is 0.000000125. The fourth-order valence-corrected chi connectivity index (χ4v) is 18.0. The minimum atomic E-state index is -0.553. The highest BCUT2D eigenvalue weighted by Gasteiger charge is 2.53. The second kappa shape index (κ2) is 28.8. The second-order valence-electron chi connectivity index (χ2n) is 28.6. The van der Waals surface area contributed by atoms with E-state index in [1.807, 2.05) is 30.3 Å². The van der Waals surface area contributed by atoms with Crippen molar-refractivity contribution < 1.29 is 9.47 Å². The van der Waals surface area contributed by atoms with Crippen molar-refractivity contribution in [3.05, 3.63) is 474 Å². The summed E-state index contributed by atoms with van der Waals surface area (Å²) in [7, 11) is 0. The van der Waals surface area contributed by atoms with Gasteiger partial charge in [0.1, 0.15) is 23.0 Å². The number of hydrogen-bond donors (Lipinski definition) is 1. The lowest BCUT2D eigenvalue weighted by Gasteiger charge is -2.39. The number of halogens is 1. The molecule has 1 N–H and O–H groups in total. The molecule has 0 bridgehead atoms. The summed E-state index contributed by atoms with van der Waals surface area (Å²) in [6, 6.07) is 151. The van der Waals surface area contributed by atoms with Gasteiger partial charge < -0.3 is 19.7 Å². The molecule has 0 aromatic heterocycles. The molecule has 0 radical (unpaired) electrons. The molecule has 2 heterocycles. The predicted molar refractivity (Wildman–Crippen MR) is 467 cm³/mol. The molecule has 0 atom stereocenters. The molecular formula is C107H75ClN2O2. The van der Waals surface area contributed by atoms with Crippen molar-refractivity contribution in [3.8, 4) is 89.8 Å². The van der Waals surface area contributed by atoms with E-state index in [1.54, 1.807) is 0 Å². The zero-order chi connectivity index (χ0) is 73.8. The van der Waals surface area contributed by atoms with Crippen molar-refractivity contribution in [1.82, 2.24) is 0 Å². The maximum atomic E-state index is 6.65. The zero-order valence-electron chi connectivity index (χ0n) is 60.6. The van der Waals surface area contributed by atoms with Crippen LogP contribution in [-0.2, 0) is 10.8 Å². The average Bonchev–Trinajstić information content (AvgIpc) is 1.51. The number of hydrogen-bond acceptors (Lipinski definition) is 4. The van der Waals surface area contributed by atoms with Crippen molar-refractivity contribution in [2.24, 2.45) is 0 Å². The van der Waals surface area contributed by atoms with Gasteiger partial charge >= 0.3 is 0 Å². The summed E-state index contributed by atoms with van der Waals surface area (Å²) in [6.07, 6.45) is 0. The summed E-state index contributed by atoms with van der Waals surface area (Å²) < 4.78 is 13.0. The number of nitrogens with zero attached hydrogens (tertiary/aromatic N) is 1. The summed E-state index contributed by atoms with van der Waals surface area (Å²) in [5.74, 6) is 3.61. The Labute approximate surface area is 659 Å². The normalized spacial score (nSPS) is 12.7. The van der Waals surface area contributed by atoms with E-state index in [1.165, 1.54) is 133 Å². The highest BCUT2D eigenvalue weighted by molar-refractivity contribution is 6.31. The van der Waals surface area contributed by atoms with Gasteiger partial charge in [-0.3, -0.25) is 0 Å². The Morgan fingerprint density at radius 1 is 0.250 bits per heavy atom. The summed E-state index contributed by atoms with van der Waals surface area (Å²) in [5, 5.41) is 9.27. The van der Waals surface area contributed by atoms with Gasteiger partial charge in [0, 0.05) is 61.2 Å². The number of anilines is 5. The SMILES string of the molecule is C.Clc1ccc2c(c1)-c1c(ccc3ccccc13)C21c2ccccc2Oc2ccccc21.c1ccc(-c2ccc(N(c3ccc4c(c3)-c3c(ccc5ccccc35)C43c4ccccc4Oc4ccccc43)c3ccccc3-c3ccccc3)cc2)cc1.c1ccc(-c2ccc(Nc3ccccc3-c3ccccc3)cc2)cc1. The number of nitrogens with one attached hydrogen (secondary N) is 1. The van der Waals surface area contributed by atoms with Crippen LogP contribution in [0.3, 0.4) is 0 Å². The Hall–Kier alpha value is -14.0. The first kappa shape index (κ1) is 68.5. The van der Waals surface area contributed by atoms with Crippen LogP contribution >= 0.6 is 11.6 Å². The monoisotopic (exact) mass is 1450 g/mol. The maximum Gasteiger partial charge on any atom is 0.132 e. The Morgan fingerprint density at radius 3 is 1.11 bits per heavy atom. The van der Waals surface area contributed by atoms with E-state index in [2.05, 4.69) is 405 Å². The maximum absolute atomic E-state index is 6.65. The number of rotatable bonds is 9. The molecule has 0 saturated carbocycles. The first-order valence-electron chi connectivity index (χ1n) is 37.9. The minimum Gasteiger partial charge on any atom is -0.457 e. The van der Waals surface area contributed by atoms with E-state index in [9.17, 15) is 0 Å². The number of ether oxygens (including phenoxy) is 2. The predicted octanol–water partition coefficient (Wildman–Crippen LogP) is 29.5. The molecule has 0 amide bonds. The van der Waals surface area contributed by atoms with Gasteiger partial charge in [0.05, 0.1) is 16.5 Å². The summed E-state index contributed by atoms with van der Waals surface area (Å²) in [4.78, 5) is 2.43. The molecule has 0 unspecified atom stereocenters. The summed E-state index contributed by atoms with van der Waals surface area (Å²) in [5.41, 5.74) is 28.9. The highest BCUT2D eigenvalue weighted by Crippen LogP contribution is 2.66. The molecule has 2 aliphatic carbocycles. The van der Waals surface area contributed by atoms with Crippen LogP contribution in [0.15, 0.2) is 425 Å². The van der Waals surface area contributed by atoms with Gasteiger partial charge in [-0.15, -0.1) is 0 Å². The van der Waals surface area contributed by atoms with Crippen LogP contribution in [0.1, 0.15) is 51.9 Å². The molecule has 0 saturated heterocycles. The zero-order valence-corrected chi connectivity index (χ0v) is 61.3. The van der Waals surface area contributed by atoms with Gasteiger partial charge in [-0.1, -0.05) is 359 Å². The molecule has 4 aliphatic rings. The third-order valence-corrected chi connectivity index (χ3v) is 22.8. The Morgan fingerprint density at radius 2 is 0.607 bits per heavy atom. The minimum absolute atomic E-state index is 0. The fraction of sp³-hybridized carbons (Fsp3) is 0.0280. The smallest absolute Gasteiger partial charge is 0.132 e. The van der Waals surface area contributed by atoms with Crippen LogP contribution in [-0.4, -0.2) is 0 Å². The first-order chi connectivity index (χ1) is 55.0. The van der Waals surface area contributed by atoms with E-state index in [0.29, 0.717) is 0 Å². The first-order valence-corrected chi connectivity index (χ1v) is 38.3. The second-order valence-corrected chi connectivity index (χ2v) is 29.1. The lowest BCUT2D eigenvalue weighted by molar-refractivity contribution is 0.436. The van der Waals surface area contributed by atoms with Gasteiger partial charge in [-0.05, 0) is 184 Å². The van der Waals surface area contributed by atoms with Crippen molar-refractivity contribution in [2.45, 2.75) is 18.3 Å². The van der Waals surface area contributed by atoms with Crippen LogP contribution < -0.4 is 19.7 Å².